The average Bonchev–Trinajstić information content (AvgIpc) is 2.90. The molecular weight excluding hydrogens is 264 g/mol. The molecule has 0 bridgehead atoms. The molecule has 2 rings (SSSR count). The molecule has 0 aliphatic carbocycles. The van der Waals surface area contributed by atoms with Crippen molar-refractivity contribution in [3.05, 3.63) is 36.9 Å². The Morgan fingerprint density at radius 2 is 2.05 bits per heavy atom. The van der Waals surface area contributed by atoms with Gasteiger partial charge in [-0.3, -0.25) is 4.79 Å². The molecule has 0 aliphatic rings. The second kappa shape index (κ2) is 6.32. The van der Waals surface area contributed by atoms with Crippen molar-refractivity contribution in [3.8, 4) is 5.75 Å². The number of benzene rings is 1. The van der Waals surface area contributed by atoms with E-state index in [1.165, 1.54) is 17.3 Å². The van der Waals surface area contributed by atoms with Crippen LogP contribution in [-0.2, 0) is 16.1 Å². The van der Waals surface area contributed by atoms with Gasteiger partial charge in [0, 0.05) is 5.69 Å². The first-order valence-electron chi connectivity index (χ1n) is 5.70. The Labute approximate surface area is 114 Å². The average molecular weight is 276 g/mol. The molecule has 104 valence electrons. The van der Waals surface area contributed by atoms with E-state index in [4.69, 9.17) is 9.84 Å². The Balaban J connectivity index is 1.86. The molecule has 1 heterocycles. The number of hydrogen-bond donors (Lipinski definition) is 2. The molecule has 0 radical (unpaired) electrons. The Morgan fingerprint density at radius 1 is 1.30 bits per heavy atom. The SMILES string of the molecule is O=C(O)COc1ccc(NC(=O)Cn2cncn2)cc1. The number of nitrogens with zero attached hydrogens (tertiary/aromatic N) is 3. The first-order chi connectivity index (χ1) is 9.63. The maximum Gasteiger partial charge on any atom is 0.341 e. The van der Waals surface area contributed by atoms with E-state index in [1.54, 1.807) is 24.3 Å². The van der Waals surface area contributed by atoms with Crippen LogP contribution in [0.1, 0.15) is 0 Å². The number of carboxylic acids is 1. The van der Waals surface area contributed by atoms with E-state index in [0.717, 1.165) is 0 Å². The van der Waals surface area contributed by atoms with Crippen molar-refractivity contribution in [3.63, 3.8) is 0 Å². The summed E-state index contributed by atoms with van der Waals surface area (Å²) in [6, 6.07) is 6.40. The number of aliphatic carboxylic acids is 1. The molecule has 1 aromatic carbocycles. The summed E-state index contributed by atoms with van der Waals surface area (Å²) in [5.41, 5.74) is 0.581. The van der Waals surface area contributed by atoms with Gasteiger partial charge >= 0.3 is 5.97 Å². The molecule has 0 unspecified atom stereocenters. The minimum absolute atomic E-state index is 0.0667. The fourth-order valence-corrected chi connectivity index (χ4v) is 1.44. The Morgan fingerprint density at radius 3 is 2.65 bits per heavy atom. The van der Waals surface area contributed by atoms with E-state index >= 15 is 0 Å². The predicted octanol–water partition coefficient (Wildman–Crippen LogP) is 0.380. The topological polar surface area (TPSA) is 106 Å². The molecule has 0 aliphatic heterocycles. The van der Waals surface area contributed by atoms with Crippen LogP contribution in [0.3, 0.4) is 0 Å². The number of aromatic nitrogens is 3. The fourth-order valence-electron chi connectivity index (χ4n) is 1.44. The highest BCUT2D eigenvalue weighted by molar-refractivity contribution is 5.90. The second-order valence-electron chi connectivity index (χ2n) is 3.85. The van der Waals surface area contributed by atoms with Gasteiger partial charge in [-0.15, -0.1) is 0 Å². The molecule has 20 heavy (non-hydrogen) atoms. The van der Waals surface area contributed by atoms with Gasteiger partial charge in [0.1, 0.15) is 24.9 Å². The summed E-state index contributed by atoms with van der Waals surface area (Å²) in [5.74, 6) is -0.869. The van der Waals surface area contributed by atoms with Crippen molar-refractivity contribution < 1.29 is 19.4 Å². The van der Waals surface area contributed by atoms with Crippen LogP contribution in [0, 0.1) is 0 Å². The molecular formula is C12H12N4O4. The molecule has 0 spiro atoms. The zero-order valence-electron chi connectivity index (χ0n) is 10.4. The van der Waals surface area contributed by atoms with E-state index in [0.29, 0.717) is 11.4 Å². The van der Waals surface area contributed by atoms with Gasteiger partial charge in [-0.1, -0.05) is 0 Å². The molecule has 8 heteroatoms. The smallest absolute Gasteiger partial charge is 0.341 e. The molecule has 2 N–H and O–H groups in total. The van der Waals surface area contributed by atoms with Crippen LogP contribution in [0.4, 0.5) is 5.69 Å². The highest BCUT2D eigenvalue weighted by atomic mass is 16.5. The zero-order chi connectivity index (χ0) is 14.4. The summed E-state index contributed by atoms with van der Waals surface area (Å²) in [6.07, 6.45) is 2.80. The van der Waals surface area contributed by atoms with Crippen LogP contribution < -0.4 is 10.1 Å². The van der Waals surface area contributed by atoms with E-state index < -0.39 is 12.6 Å². The van der Waals surface area contributed by atoms with Crippen LogP contribution in [0.15, 0.2) is 36.9 Å². The molecule has 1 aromatic heterocycles. The summed E-state index contributed by atoms with van der Waals surface area (Å²) in [4.78, 5) is 25.7. The first kappa shape index (κ1) is 13.5. The van der Waals surface area contributed by atoms with Gasteiger partial charge < -0.3 is 15.2 Å². The summed E-state index contributed by atoms with van der Waals surface area (Å²) in [7, 11) is 0. The molecule has 0 saturated carbocycles. The van der Waals surface area contributed by atoms with Crippen molar-refractivity contribution in [2.45, 2.75) is 6.54 Å². The number of carbonyl (C=O) groups excluding carboxylic acids is 1. The Bertz CT molecular complexity index is 580. The van der Waals surface area contributed by atoms with Crippen molar-refractivity contribution in [2.75, 3.05) is 11.9 Å². The molecule has 0 saturated heterocycles. The van der Waals surface area contributed by atoms with E-state index in [2.05, 4.69) is 15.4 Å². The summed E-state index contributed by atoms with van der Waals surface area (Å²) >= 11 is 0. The largest absolute Gasteiger partial charge is 0.482 e. The second-order valence-corrected chi connectivity index (χ2v) is 3.85. The van der Waals surface area contributed by atoms with Gasteiger partial charge in [0.05, 0.1) is 0 Å². The van der Waals surface area contributed by atoms with E-state index in [1.807, 2.05) is 0 Å². The maximum atomic E-state index is 11.7. The third-order valence-electron chi connectivity index (χ3n) is 2.27. The number of rotatable bonds is 6. The maximum absolute atomic E-state index is 11.7. The number of ether oxygens (including phenoxy) is 1. The van der Waals surface area contributed by atoms with Gasteiger partial charge in [0.15, 0.2) is 6.61 Å². The number of amides is 1. The van der Waals surface area contributed by atoms with Gasteiger partial charge in [0.2, 0.25) is 5.91 Å². The first-order valence-corrected chi connectivity index (χ1v) is 5.70. The van der Waals surface area contributed by atoms with Crippen molar-refractivity contribution in [2.24, 2.45) is 0 Å². The minimum atomic E-state index is -1.05. The van der Waals surface area contributed by atoms with Crippen LogP contribution >= 0.6 is 0 Å². The number of nitrogens with one attached hydrogen (secondary N) is 1. The fraction of sp³-hybridized carbons (Fsp3) is 0.167. The summed E-state index contributed by atoms with van der Waals surface area (Å²) in [5, 5.41) is 15.0. The normalized spacial score (nSPS) is 10.0. The van der Waals surface area contributed by atoms with Crippen LogP contribution in [0.5, 0.6) is 5.75 Å². The lowest BCUT2D eigenvalue weighted by Gasteiger charge is -2.07. The number of hydrogen-bond acceptors (Lipinski definition) is 5. The van der Waals surface area contributed by atoms with Gasteiger partial charge in [-0.05, 0) is 24.3 Å². The monoisotopic (exact) mass is 276 g/mol. The van der Waals surface area contributed by atoms with E-state index in [-0.39, 0.29) is 12.5 Å². The number of anilines is 1. The molecule has 0 fully saturated rings. The Hall–Kier alpha value is -2.90. The lowest BCUT2D eigenvalue weighted by molar-refractivity contribution is -0.139. The lowest BCUT2D eigenvalue weighted by atomic mass is 10.3. The predicted molar refractivity (Wildman–Crippen MR) is 68.2 cm³/mol. The molecule has 1 amide bonds. The van der Waals surface area contributed by atoms with Crippen molar-refractivity contribution in [1.82, 2.24) is 14.8 Å². The molecule has 2 aromatic rings. The number of carbonyl (C=O) groups is 2. The number of carboxylic acid groups (broad SMARTS) is 1. The highest BCUT2D eigenvalue weighted by Gasteiger charge is 2.04. The third-order valence-corrected chi connectivity index (χ3v) is 2.27. The zero-order valence-corrected chi connectivity index (χ0v) is 10.4. The lowest BCUT2D eigenvalue weighted by Crippen LogP contribution is -2.19. The standard InChI is InChI=1S/C12H12N4O4/c17-11(5-16-8-13-7-14-16)15-9-1-3-10(4-2-9)20-6-12(18)19/h1-4,7-8H,5-6H2,(H,15,17)(H,18,19). The van der Waals surface area contributed by atoms with Gasteiger partial charge in [-0.25, -0.2) is 14.5 Å². The Kier molecular flexibility index (Phi) is 4.28. The van der Waals surface area contributed by atoms with Crippen LogP contribution in [0.25, 0.3) is 0 Å². The van der Waals surface area contributed by atoms with Gasteiger partial charge in [-0.2, -0.15) is 5.10 Å². The molecule has 0 atom stereocenters. The van der Waals surface area contributed by atoms with Gasteiger partial charge in [0.25, 0.3) is 0 Å². The van der Waals surface area contributed by atoms with Crippen LogP contribution in [0.2, 0.25) is 0 Å². The quantitative estimate of drug-likeness (QED) is 0.790. The van der Waals surface area contributed by atoms with Crippen molar-refractivity contribution in [1.29, 1.82) is 0 Å². The molecule has 8 nitrogen and oxygen atoms in total. The minimum Gasteiger partial charge on any atom is -0.482 e. The van der Waals surface area contributed by atoms with E-state index in [9.17, 15) is 9.59 Å². The summed E-state index contributed by atoms with van der Waals surface area (Å²) in [6.45, 7) is -0.338. The highest BCUT2D eigenvalue weighted by Crippen LogP contribution is 2.15. The van der Waals surface area contributed by atoms with Crippen LogP contribution in [-0.4, -0.2) is 38.4 Å². The summed E-state index contributed by atoms with van der Waals surface area (Å²) < 4.78 is 6.38. The third kappa shape index (κ3) is 4.09. The van der Waals surface area contributed by atoms with Crippen molar-refractivity contribution >= 4 is 17.6 Å².